The van der Waals surface area contributed by atoms with Crippen LogP contribution < -0.4 is 10.6 Å². The predicted molar refractivity (Wildman–Crippen MR) is 83.9 cm³/mol. The largest absolute Gasteiger partial charge is 0.389 e. The van der Waals surface area contributed by atoms with Gasteiger partial charge in [-0.25, -0.2) is 0 Å². The monoisotopic (exact) mass is 352 g/mol. The van der Waals surface area contributed by atoms with Crippen molar-refractivity contribution in [3.63, 3.8) is 0 Å². The Hall–Kier alpha value is -1.31. The van der Waals surface area contributed by atoms with Crippen molar-refractivity contribution in [2.45, 2.75) is 38.1 Å². The van der Waals surface area contributed by atoms with E-state index >= 15 is 0 Å². The molecule has 0 bridgehead atoms. The van der Waals surface area contributed by atoms with Crippen molar-refractivity contribution >= 4 is 24.0 Å². The van der Waals surface area contributed by atoms with Gasteiger partial charge in [-0.2, -0.15) is 13.2 Å². The van der Waals surface area contributed by atoms with Crippen molar-refractivity contribution in [2.24, 2.45) is 0 Å². The van der Waals surface area contributed by atoms with Crippen LogP contribution in [0, 0.1) is 0 Å². The van der Waals surface area contributed by atoms with Crippen LogP contribution in [0.3, 0.4) is 0 Å². The third kappa shape index (κ3) is 6.37. The SMILES string of the molecule is C[C@H]1OCCN[C@@H]1C(=O)Nc1cccc(CCC(F)(F)F)c1.Cl. The second kappa shape index (κ2) is 8.52. The van der Waals surface area contributed by atoms with Gasteiger partial charge < -0.3 is 15.4 Å². The number of hydrogen-bond donors (Lipinski definition) is 2. The van der Waals surface area contributed by atoms with Crippen LogP contribution in [-0.2, 0) is 16.0 Å². The van der Waals surface area contributed by atoms with E-state index in [2.05, 4.69) is 10.6 Å². The van der Waals surface area contributed by atoms with E-state index in [1.165, 1.54) is 0 Å². The molecule has 2 rings (SSSR count). The van der Waals surface area contributed by atoms with E-state index < -0.39 is 18.6 Å². The Balaban J connectivity index is 0.00000264. The first-order chi connectivity index (χ1) is 10.3. The minimum absolute atomic E-state index is 0. The molecule has 1 aliphatic heterocycles. The molecule has 0 unspecified atom stereocenters. The number of hydrogen-bond acceptors (Lipinski definition) is 3. The summed E-state index contributed by atoms with van der Waals surface area (Å²) >= 11 is 0. The number of benzene rings is 1. The Morgan fingerprint density at radius 1 is 1.43 bits per heavy atom. The standard InChI is InChI=1S/C15H19F3N2O2.ClH/c1-10-13(19-7-8-22-10)14(21)20-12-4-2-3-11(9-12)5-6-15(16,17)18;/h2-4,9-10,13,19H,5-8H2,1H3,(H,20,21);1H/t10-,13+;/m1./s1. The molecule has 0 radical (unpaired) electrons. The zero-order chi connectivity index (χ0) is 16.2. The lowest BCUT2D eigenvalue weighted by Gasteiger charge is -2.29. The maximum Gasteiger partial charge on any atom is 0.389 e. The van der Waals surface area contributed by atoms with E-state index in [1.807, 2.05) is 0 Å². The van der Waals surface area contributed by atoms with Crippen LogP contribution in [0.15, 0.2) is 24.3 Å². The van der Waals surface area contributed by atoms with Crippen LogP contribution in [0.5, 0.6) is 0 Å². The number of rotatable bonds is 4. The molecule has 2 atom stereocenters. The van der Waals surface area contributed by atoms with Gasteiger partial charge in [0.2, 0.25) is 5.91 Å². The number of anilines is 1. The minimum Gasteiger partial charge on any atom is -0.375 e. The summed E-state index contributed by atoms with van der Waals surface area (Å²) < 4.78 is 42.1. The van der Waals surface area contributed by atoms with E-state index in [1.54, 1.807) is 31.2 Å². The molecular formula is C15H20ClF3N2O2. The van der Waals surface area contributed by atoms with Gasteiger partial charge in [-0.05, 0) is 31.0 Å². The second-order valence-corrected chi connectivity index (χ2v) is 5.31. The normalized spacial score (nSPS) is 21.4. The van der Waals surface area contributed by atoms with Gasteiger partial charge in [0.15, 0.2) is 0 Å². The fourth-order valence-corrected chi connectivity index (χ4v) is 2.34. The Bertz CT molecular complexity index is 526. The molecule has 8 heteroatoms. The van der Waals surface area contributed by atoms with Crippen LogP contribution in [0.4, 0.5) is 18.9 Å². The van der Waals surface area contributed by atoms with Gasteiger partial charge in [0.05, 0.1) is 12.7 Å². The van der Waals surface area contributed by atoms with Gasteiger partial charge in [0.1, 0.15) is 6.04 Å². The van der Waals surface area contributed by atoms with Gasteiger partial charge in [-0.15, -0.1) is 12.4 Å². The number of alkyl halides is 3. The molecule has 1 aromatic carbocycles. The number of halogens is 4. The molecule has 1 aliphatic rings. The van der Waals surface area contributed by atoms with Crippen molar-refractivity contribution in [1.82, 2.24) is 5.32 Å². The number of morpholine rings is 1. The minimum atomic E-state index is -4.18. The molecule has 0 spiro atoms. The summed E-state index contributed by atoms with van der Waals surface area (Å²) in [4.78, 5) is 12.2. The zero-order valence-electron chi connectivity index (χ0n) is 12.7. The first kappa shape index (κ1) is 19.7. The summed E-state index contributed by atoms with van der Waals surface area (Å²) in [6.45, 7) is 2.95. The summed E-state index contributed by atoms with van der Waals surface area (Å²) in [5, 5.41) is 5.78. The number of carbonyl (C=O) groups excluding carboxylic acids is 1. The average Bonchev–Trinajstić information content (AvgIpc) is 2.45. The third-order valence-electron chi connectivity index (χ3n) is 3.49. The van der Waals surface area contributed by atoms with Crippen molar-refractivity contribution in [1.29, 1.82) is 0 Å². The Labute approximate surface area is 139 Å². The molecule has 130 valence electrons. The van der Waals surface area contributed by atoms with Crippen LogP contribution in [-0.4, -0.2) is 37.4 Å². The zero-order valence-corrected chi connectivity index (χ0v) is 13.5. The van der Waals surface area contributed by atoms with E-state index in [9.17, 15) is 18.0 Å². The Morgan fingerprint density at radius 2 is 2.17 bits per heavy atom. The topological polar surface area (TPSA) is 50.4 Å². The Kier molecular flexibility index (Phi) is 7.31. The molecule has 0 aliphatic carbocycles. The molecule has 1 fully saturated rings. The van der Waals surface area contributed by atoms with Crippen LogP contribution >= 0.6 is 12.4 Å². The first-order valence-electron chi connectivity index (χ1n) is 7.17. The molecule has 0 aromatic heterocycles. The number of ether oxygens (including phenoxy) is 1. The summed E-state index contributed by atoms with van der Waals surface area (Å²) in [6, 6.07) is 6.01. The Morgan fingerprint density at radius 3 is 2.83 bits per heavy atom. The fraction of sp³-hybridized carbons (Fsp3) is 0.533. The maximum absolute atomic E-state index is 12.2. The van der Waals surface area contributed by atoms with E-state index in [0.29, 0.717) is 24.4 Å². The number of carbonyl (C=O) groups is 1. The lowest BCUT2D eigenvalue weighted by molar-refractivity contribution is -0.134. The molecular weight excluding hydrogens is 333 g/mol. The molecule has 2 N–H and O–H groups in total. The molecule has 4 nitrogen and oxygen atoms in total. The predicted octanol–water partition coefficient (Wildman–Crippen LogP) is 2.92. The smallest absolute Gasteiger partial charge is 0.375 e. The lowest BCUT2D eigenvalue weighted by Crippen LogP contribution is -2.53. The average molecular weight is 353 g/mol. The highest BCUT2D eigenvalue weighted by Crippen LogP contribution is 2.23. The molecule has 1 amide bonds. The van der Waals surface area contributed by atoms with E-state index in [4.69, 9.17) is 4.74 Å². The van der Waals surface area contributed by atoms with Gasteiger partial charge in [-0.3, -0.25) is 4.79 Å². The van der Waals surface area contributed by atoms with Crippen molar-refractivity contribution in [3.05, 3.63) is 29.8 Å². The summed E-state index contributed by atoms with van der Waals surface area (Å²) in [6.07, 6.45) is -5.41. The first-order valence-corrected chi connectivity index (χ1v) is 7.17. The molecule has 23 heavy (non-hydrogen) atoms. The molecule has 0 saturated carbocycles. The third-order valence-corrected chi connectivity index (χ3v) is 3.49. The van der Waals surface area contributed by atoms with Gasteiger partial charge >= 0.3 is 6.18 Å². The van der Waals surface area contributed by atoms with Crippen LogP contribution in [0.1, 0.15) is 18.9 Å². The van der Waals surface area contributed by atoms with Crippen LogP contribution in [0.2, 0.25) is 0 Å². The summed E-state index contributed by atoms with van der Waals surface area (Å²) in [5.41, 5.74) is 1.03. The quantitative estimate of drug-likeness (QED) is 0.876. The highest BCUT2D eigenvalue weighted by Gasteiger charge is 2.28. The van der Waals surface area contributed by atoms with Gasteiger partial charge in [0, 0.05) is 18.7 Å². The number of aryl methyl sites for hydroxylation is 1. The molecule has 1 aromatic rings. The highest BCUT2D eigenvalue weighted by molar-refractivity contribution is 5.95. The van der Waals surface area contributed by atoms with Crippen molar-refractivity contribution in [3.8, 4) is 0 Å². The molecule has 1 saturated heterocycles. The number of amides is 1. The van der Waals surface area contributed by atoms with E-state index in [-0.39, 0.29) is 30.8 Å². The summed E-state index contributed by atoms with van der Waals surface area (Å²) in [7, 11) is 0. The van der Waals surface area contributed by atoms with Crippen LogP contribution in [0.25, 0.3) is 0 Å². The molecule has 1 heterocycles. The van der Waals surface area contributed by atoms with E-state index in [0.717, 1.165) is 0 Å². The fourth-order valence-electron chi connectivity index (χ4n) is 2.34. The van der Waals surface area contributed by atoms with Gasteiger partial charge in [0.25, 0.3) is 0 Å². The maximum atomic E-state index is 12.2. The highest BCUT2D eigenvalue weighted by atomic mass is 35.5. The lowest BCUT2D eigenvalue weighted by atomic mass is 10.1. The van der Waals surface area contributed by atoms with Crippen molar-refractivity contribution < 1.29 is 22.7 Å². The number of nitrogens with one attached hydrogen (secondary N) is 2. The van der Waals surface area contributed by atoms with Crippen molar-refractivity contribution in [2.75, 3.05) is 18.5 Å². The summed E-state index contributed by atoms with van der Waals surface area (Å²) in [5.74, 6) is -0.250. The van der Waals surface area contributed by atoms with Gasteiger partial charge in [-0.1, -0.05) is 12.1 Å². The second-order valence-electron chi connectivity index (χ2n) is 5.31.